The lowest BCUT2D eigenvalue weighted by atomic mass is 10.0. The summed E-state index contributed by atoms with van der Waals surface area (Å²) < 4.78 is 0. The molecule has 1 amide bonds. The highest BCUT2D eigenvalue weighted by Gasteiger charge is 2.22. The van der Waals surface area contributed by atoms with E-state index in [9.17, 15) is 9.59 Å². The fraction of sp³-hybridized carbons (Fsp3) is 0.778. The van der Waals surface area contributed by atoms with Gasteiger partial charge in [-0.2, -0.15) is 0 Å². The molecule has 98 valence electrons. The van der Waals surface area contributed by atoms with Crippen molar-refractivity contribution in [2.75, 3.05) is 0 Å². The molecular formula is C9H20Cl2N2O3. The highest BCUT2D eigenvalue weighted by atomic mass is 35.5. The summed E-state index contributed by atoms with van der Waals surface area (Å²) in [6.07, 6.45) is 0.411. The number of nitrogens with one attached hydrogen (secondary N) is 1. The molecule has 0 heterocycles. The third-order valence-electron chi connectivity index (χ3n) is 1.74. The molecule has 0 spiro atoms. The largest absolute Gasteiger partial charge is 0.480 e. The zero-order valence-electron chi connectivity index (χ0n) is 9.60. The maximum Gasteiger partial charge on any atom is 0.326 e. The smallest absolute Gasteiger partial charge is 0.326 e. The van der Waals surface area contributed by atoms with Gasteiger partial charge in [-0.3, -0.25) is 4.79 Å². The molecule has 0 bridgehead atoms. The lowest BCUT2D eigenvalue weighted by molar-refractivity contribution is -0.142. The van der Waals surface area contributed by atoms with E-state index in [1.807, 2.05) is 13.8 Å². The van der Waals surface area contributed by atoms with Crippen LogP contribution in [0.2, 0.25) is 0 Å². The van der Waals surface area contributed by atoms with Crippen molar-refractivity contribution >= 4 is 36.7 Å². The molecule has 4 N–H and O–H groups in total. The summed E-state index contributed by atoms with van der Waals surface area (Å²) in [5.74, 6) is -1.24. The van der Waals surface area contributed by atoms with Crippen LogP contribution in [0.5, 0.6) is 0 Å². The Kier molecular flexibility index (Phi) is 12.6. The summed E-state index contributed by atoms with van der Waals surface area (Å²) in [5, 5.41) is 11.2. The molecule has 5 nitrogen and oxygen atoms in total. The molecule has 16 heavy (non-hydrogen) atoms. The van der Waals surface area contributed by atoms with E-state index >= 15 is 0 Å². The van der Waals surface area contributed by atoms with Crippen molar-refractivity contribution in [2.45, 2.75) is 39.3 Å². The van der Waals surface area contributed by atoms with Crippen molar-refractivity contribution < 1.29 is 14.7 Å². The Bertz CT molecular complexity index is 223. The van der Waals surface area contributed by atoms with Gasteiger partial charge >= 0.3 is 5.97 Å². The second-order valence-corrected chi connectivity index (χ2v) is 3.82. The van der Waals surface area contributed by atoms with E-state index in [1.165, 1.54) is 6.92 Å². The molecule has 0 aliphatic heterocycles. The zero-order valence-corrected chi connectivity index (χ0v) is 11.2. The number of carboxylic acid groups (broad SMARTS) is 1. The Labute approximate surface area is 108 Å². The van der Waals surface area contributed by atoms with Gasteiger partial charge in [-0.1, -0.05) is 13.8 Å². The van der Waals surface area contributed by atoms with Crippen LogP contribution in [-0.4, -0.2) is 29.1 Å². The molecule has 7 heteroatoms. The van der Waals surface area contributed by atoms with Gasteiger partial charge in [0.2, 0.25) is 5.91 Å². The van der Waals surface area contributed by atoms with Crippen molar-refractivity contribution in [1.82, 2.24) is 5.32 Å². The Morgan fingerprint density at radius 3 is 1.94 bits per heavy atom. The van der Waals surface area contributed by atoms with Crippen molar-refractivity contribution in [3.05, 3.63) is 0 Å². The fourth-order valence-electron chi connectivity index (χ4n) is 0.996. The summed E-state index contributed by atoms with van der Waals surface area (Å²) in [5.41, 5.74) is 5.31. The van der Waals surface area contributed by atoms with E-state index in [0.29, 0.717) is 6.42 Å². The molecule has 0 fully saturated rings. The van der Waals surface area contributed by atoms with E-state index in [4.69, 9.17) is 10.8 Å². The fourth-order valence-corrected chi connectivity index (χ4v) is 0.996. The van der Waals surface area contributed by atoms with Crippen LogP contribution >= 0.6 is 24.8 Å². The third-order valence-corrected chi connectivity index (χ3v) is 1.74. The van der Waals surface area contributed by atoms with Gasteiger partial charge in [-0.05, 0) is 19.3 Å². The monoisotopic (exact) mass is 274 g/mol. The van der Waals surface area contributed by atoms with Crippen LogP contribution in [-0.2, 0) is 9.59 Å². The summed E-state index contributed by atoms with van der Waals surface area (Å²) in [6.45, 7) is 5.31. The Hall–Kier alpha value is -0.520. The van der Waals surface area contributed by atoms with Crippen LogP contribution in [0, 0.1) is 5.92 Å². The molecule has 0 rings (SSSR count). The number of hydrogen-bond donors (Lipinski definition) is 3. The van der Waals surface area contributed by atoms with E-state index in [0.717, 1.165) is 0 Å². The molecule has 0 aromatic carbocycles. The number of rotatable bonds is 5. The van der Waals surface area contributed by atoms with Gasteiger partial charge in [0.25, 0.3) is 0 Å². The predicted molar refractivity (Wildman–Crippen MR) is 67.2 cm³/mol. The SMILES string of the molecule is CC(C)CC(NC(=O)[C@H](C)N)C(=O)O.Cl.Cl. The van der Waals surface area contributed by atoms with Crippen LogP contribution in [0.15, 0.2) is 0 Å². The maximum atomic E-state index is 11.1. The van der Waals surface area contributed by atoms with Gasteiger partial charge in [0.15, 0.2) is 0 Å². The molecule has 1 unspecified atom stereocenters. The minimum Gasteiger partial charge on any atom is -0.480 e. The number of carboxylic acids is 1. The molecule has 2 atom stereocenters. The molecule has 0 aromatic heterocycles. The van der Waals surface area contributed by atoms with Gasteiger partial charge in [-0.15, -0.1) is 24.8 Å². The molecule has 0 radical (unpaired) electrons. The average molecular weight is 275 g/mol. The van der Waals surface area contributed by atoms with Crippen LogP contribution in [0.1, 0.15) is 27.2 Å². The first-order chi connectivity index (χ1) is 6.34. The summed E-state index contributed by atoms with van der Waals surface area (Å²) in [4.78, 5) is 21.9. The second kappa shape index (κ2) is 9.69. The van der Waals surface area contributed by atoms with Gasteiger partial charge in [-0.25, -0.2) is 4.79 Å². The third kappa shape index (κ3) is 8.76. The number of nitrogens with two attached hydrogens (primary N) is 1. The van der Waals surface area contributed by atoms with E-state index in [-0.39, 0.29) is 30.7 Å². The number of halogens is 2. The first-order valence-electron chi connectivity index (χ1n) is 4.63. The Morgan fingerprint density at radius 1 is 1.25 bits per heavy atom. The number of carbonyl (C=O) groups is 2. The first kappa shape index (κ1) is 20.8. The molecule has 0 aromatic rings. The van der Waals surface area contributed by atoms with Gasteiger partial charge in [0.1, 0.15) is 6.04 Å². The lowest BCUT2D eigenvalue weighted by Crippen LogP contribution is -2.47. The van der Waals surface area contributed by atoms with Gasteiger partial charge < -0.3 is 16.2 Å². The van der Waals surface area contributed by atoms with Crippen LogP contribution < -0.4 is 11.1 Å². The summed E-state index contributed by atoms with van der Waals surface area (Å²) in [6, 6.07) is -1.52. The standard InChI is InChI=1S/C9H18N2O3.2ClH/c1-5(2)4-7(9(13)14)11-8(12)6(3)10;;/h5-7H,4,10H2,1-3H3,(H,11,12)(H,13,14);2*1H/t6-,7?;;/m0../s1. The van der Waals surface area contributed by atoms with Crippen molar-refractivity contribution in [3.63, 3.8) is 0 Å². The average Bonchev–Trinajstić information content (AvgIpc) is 2.01. The van der Waals surface area contributed by atoms with E-state index in [1.54, 1.807) is 0 Å². The minimum absolute atomic E-state index is 0. The van der Waals surface area contributed by atoms with Crippen molar-refractivity contribution in [1.29, 1.82) is 0 Å². The number of amides is 1. The van der Waals surface area contributed by atoms with Gasteiger partial charge in [0.05, 0.1) is 6.04 Å². The van der Waals surface area contributed by atoms with E-state index < -0.39 is 24.0 Å². The molecule has 0 saturated heterocycles. The number of hydrogen-bond acceptors (Lipinski definition) is 3. The van der Waals surface area contributed by atoms with E-state index in [2.05, 4.69) is 5.32 Å². The topological polar surface area (TPSA) is 92.4 Å². The minimum atomic E-state index is -1.02. The normalized spacial score (nSPS) is 13.1. The predicted octanol–water partition coefficient (Wildman–Crippen LogP) is 0.793. The molecule has 0 saturated carbocycles. The number of carbonyl (C=O) groups excluding carboxylic acids is 1. The van der Waals surface area contributed by atoms with Crippen LogP contribution in [0.3, 0.4) is 0 Å². The zero-order chi connectivity index (χ0) is 11.3. The van der Waals surface area contributed by atoms with Crippen molar-refractivity contribution in [3.8, 4) is 0 Å². The maximum absolute atomic E-state index is 11.1. The quantitative estimate of drug-likeness (QED) is 0.691. The lowest BCUT2D eigenvalue weighted by Gasteiger charge is -2.17. The summed E-state index contributed by atoms with van der Waals surface area (Å²) in [7, 11) is 0. The van der Waals surface area contributed by atoms with Crippen LogP contribution in [0.25, 0.3) is 0 Å². The Balaban J connectivity index is -0.000000845. The first-order valence-corrected chi connectivity index (χ1v) is 4.63. The Morgan fingerprint density at radius 2 is 1.69 bits per heavy atom. The second-order valence-electron chi connectivity index (χ2n) is 3.82. The van der Waals surface area contributed by atoms with Crippen LogP contribution in [0.4, 0.5) is 0 Å². The van der Waals surface area contributed by atoms with Crippen molar-refractivity contribution in [2.24, 2.45) is 11.7 Å². The number of aliphatic carboxylic acids is 1. The highest BCUT2D eigenvalue weighted by molar-refractivity contribution is 5.86. The molecule has 0 aliphatic carbocycles. The molecule has 0 aliphatic rings. The van der Waals surface area contributed by atoms with Gasteiger partial charge in [0, 0.05) is 0 Å². The summed E-state index contributed by atoms with van der Waals surface area (Å²) >= 11 is 0. The highest BCUT2D eigenvalue weighted by Crippen LogP contribution is 2.04. The molecular weight excluding hydrogens is 255 g/mol.